The van der Waals surface area contributed by atoms with Gasteiger partial charge in [-0.25, -0.2) is 4.39 Å². The molecule has 2 N–H and O–H groups in total. The molecular formula is C18H23FN2O2. The lowest BCUT2D eigenvalue weighted by molar-refractivity contribution is 0.0945. The van der Waals surface area contributed by atoms with Gasteiger partial charge >= 0.3 is 0 Å². The number of aromatic nitrogens is 1. The van der Waals surface area contributed by atoms with Crippen LogP contribution in [0, 0.1) is 25.6 Å². The van der Waals surface area contributed by atoms with Gasteiger partial charge in [0.15, 0.2) is 0 Å². The molecule has 5 heteroatoms. The van der Waals surface area contributed by atoms with Crippen molar-refractivity contribution in [2.75, 3.05) is 13.2 Å². The molecule has 0 radical (unpaired) electrons. The van der Waals surface area contributed by atoms with Crippen LogP contribution in [0.3, 0.4) is 0 Å². The maximum absolute atomic E-state index is 13.5. The topological polar surface area (TPSA) is 54.3 Å². The fraction of sp³-hybridized carbons (Fsp3) is 0.389. The van der Waals surface area contributed by atoms with Crippen LogP contribution in [-0.2, 0) is 0 Å². The zero-order chi connectivity index (χ0) is 17.0. The Bertz CT molecular complexity index is 694. The van der Waals surface area contributed by atoms with Crippen LogP contribution < -0.4 is 5.32 Å². The molecule has 1 unspecified atom stereocenters. The summed E-state index contributed by atoms with van der Waals surface area (Å²) in [5, 5.41) is 11.8. The number of nitrogens with one attached hydrogen (secondary N) is 1. The van der Waals surface area contributed by atoms with E-state index in [0.29, 0.717) is 24.2 Å². The second-order valence-electron chi connectivity index (χ2n) is 5.93. The number of aryl methyl sites for hydroxylation is 1. The molecule has 23 heavy (non-hydrogen) atoms. The lowest BCUT2D eigenvalue weighted by Gasteiger charge is -2.12. The molecule has 0 bridgehead atoms. The Morgan fingerprint density at radius 1 is 1.35 bits per heavy atom. The Morgan fingerprint density at radius 2 is 2.09 bits per heavy atom. The summed E-state index contributed by atoms with van der Waals surface area (Å²) in [6.45, 7) is 6.35. The summed E-state index contributed by atoms with van der Waals surface area (Å²) in [6.07, 6.45) is 0.655. The largest absolute Gasteiger partial charge is 0.396 e. The third-order valence-electron chi connectivity index (χ3n) is 3.98. The lowest BCUT2D eigenvalue weighted by Crippen LogP contribution is -2.29. The molecule has 0 spiro atoms. The molecule has 2 aromatic rings. The maximum atomic E-state index is 13.5. The number of halogens is 1. The van der Waals surface area contributed by atoms with Crippen molar-refractivity contribution < 1.29 is 14.3 Å². The van der Waals surface area contributed by atoms with E-state index in [1.807, 2.05) is 37.5 Å². The minimum atomic E-state index is -0.307. The molecule has 1 atom stereocenters. The van der Waals surface area contributed by atoms with Crippen molar-refractivity contribution in [2.45, 2.75) is 27.2 Å². The first kappa shape index (κ1) is 17.2. The highest BCUT2D eigenvalue weighted by Gasteiger charge is 2.17. The molecular weight excluding hydrogens is 295 g/mol. The van der Waals surface area contributed by atoms with Gasteiger partial charge in [0.2, 0.25) is 0 Å². The van der Waals surface area contributed by atoms with Crippen molar-refractivity contribution in [2.24, 2.45) is 5.92 Å². The van der Waals surface area contributed by atoms with Gasteiger partial charge in [0.25, 0.3) is 5.91 Å². The zero-order valence-electron chi connectivity index (χ0n) is 13.8. The Labute approximate surface area is 135 Å². The van der Waals surface area contributed by atoms with E-state index in [-0.39, 0.29) is 24.2 Å². The molecule has 0 saturated heterocycles. The van der Waals surface area contributed by atoms with E-state index in [1.54, 1.807) is 6.07 Å². The number of carbonyl (C=O) groups excluding carboxylic acids is 1. The number of carbonyl (C=O) groups is 1. The molecule has 0 fully saturated rings. The van der Waals surface area contributed by atoms with Crippen molar-refractivity contribution in [3.8, 4) is 5.69 Å². The van der Waals surface area contributed by atoms with E-state index < -0.39 is 0 Å². The van der Waals surface area contributed by atoms with Gasteiger partial charge < -0.3 is 15.0 Å². The number of aliphatic hydroxyl groups is 1. The predicted octanol–water partition coefficient (Wildman–Crippen LogP) is 2.98. The summed E-state index contributed by atoms with van der Waals surface area (Å²) in [4.78, 5) is 12.4. The minimum absolute atomic E-state index is 0.116. The standard InChI is InChI=1S/C18H23FN2O2/c1-12(7-8-22)11-20-18(23)17-9-13(2)21(14(17)3)16-6-4-5-15(19)10-16/h4-6,9-10,12,22H,7-8,11H2,1-3H3,(H,20,23). The highest BCUT2D eigenvalue weighted by Crippen LogP contribution is 2.21. The second-order valence-corrected chi connectivity index (χ2v) is 5.93. The molecule has 1 aromatic carbocycles. The van der Waals surface area contributed by atoms with Crippen molar-refractivity contribution in [3.05, 3.63) is 53.1 Å². The fourth-order valence-corrected chi connectivity index (χ4v) is 2.69. The van der Waals surface area contributed by atoms with E-state index in [0.717, 1.165) is 11.4 Å². The highest BCUT2D eigenvalue weighted by molar-refractivity contribution is 5.95. The van der Waals surface area contributed by atoms with Crippen molar-refractivity contribution >= 4 is 5.91 Å². The van der Waals surface area contributed by atoms with Crippen molar-refractivity contribution in [1.29, 1.82) is 0 Å². The van der Waals surface area contributed by atoms with E-state index in [2.05, 4.69) is 5.32 Å². The number of hydrogen-bond acceptors (Lipinski definition) is 2. The summed E-state index contributed by atoms with van der Waals surface area (Å²) < 4.78 is 15.3. The van der Waals surface area contributed by atoms with Crippen LogP contribution in [0.15, 0.2) is 30.3 Å². The van der Waals surface area contributed by atoms with Gasteiger partial charge in [-0.15, -0.1) is 0 Å². The number of nitrogens with zero attached hydrogens (tertiary/aromatic N) is 1. The molecule has 0 saturated carbocycles. The number of aliphatic hydroxyl groups excluding tert-OH is 1. The predicted molar refractivity (Wildman–Crippen MR) is 88.4 cm³/mol. The monoisotopic (exact) mass is 318 g/mol. The Kier molecular flexibility index (Phi) is 5.55. The van der Waals surface area contributed by atoms with Crippen LogP contribution in [-0.4, -0.2) is 28.7 Å². The summed E-state index contributed by atoms with van der Waals surface area (Å²) >= 11 is 0. The molecule has 2 rings (SSSR count). The molecule has 0 aliphatic heterocycles. The Hall–Kier alpha value is -2.14. The number of amides is 1. The van der Waals surface area contributed by atoms with E-state index >= 15 is 0 Å². The Balaban J connectivity index is 2.22. The van der Waals surface area contributed by atoms with E-state index in [4.69, 9.17) is 5.11 Å². The van der Waals surface area contributed by atoms with Gasteiger partial charge in [-0.1, -0.05) is 13.0 Å². The van der Waals surface area contributed by atoms with Crippen LogP contribution in [0.1, 0.15) is 35.1 Å². The zero-order valence-corrected chi connectivity index (χ0v) is 13.8. The van der Waals surface area contributed by atoms with E-state index in [9.17, 15) is 9.18 Å². The summed E-state index contributed by atoms with van der Waals surface area (Å²) in [5.74, 6) is -0.236. The molecule has 0 aliphatic rings. The second kappa shape index (κ2) is 7.42. The molecule has 1 amide bonds. The molecule has 0 aliphatic carbocycles. The maximum Gasteiger partial charge on any atom is 0.253 e. The normalized spacial score (nSPS) is 12.2. The average Bonchev–Trinajstić information content (AvgIpc) is 2.80. The fourth-order valence-electron chi connectivity index (χ4n) is 2.69. The Morgan fingerprint density at radius 3 is 2.74 bits per heavy atom. The molecule has 1 heterocycles. The van der Waals surface area contributed by atoms with Gasteiger partial charge in [-0.05, 0) is 50.5 Å². The van der Waals surface area contributed by atoms with Crippen LogP contribution in [0.5, 0.6) is 0 Å². The lowest BCUT2D eigenvalue weighted by atomic mass is 10.1. The van der Waals surface area contributed by atoms with Crippen LogP contribution in [0.4, 0.5) is 4.39 Å². The first-order valence-electron chi connectivity index (χ1n) is 7.78. The number of hydrogen-bond donors (Lipinski definition) is 2. The van der Waals surface area contributed by atoms with Gasteiger partial charge in [0, 0.05) is 30.2 Å². The summed E-state index contributed by atoms with van der Waals surface area (Å²) in [5.41, 5.74) is 2.94. The van der Waals surface area contributed by atoms with E-state index in [1.165, 1.54) is 12.1 Å². The smallest absolute Gasteiger partial charge is 0.253 e. The molecule has 1 aromatic heterocycles. The first-order chi connectivity index (χ1) is 10.9. The SMILES string of the molecule is Cc1cc(C(=O)NCC(C)CCO)c(C)n1-c1cccc(F)c1. The van der Waals surface area contributed by atoms with Crippen LogP contribution in [0.2, 0.25) is 0 Å². The highest BCUT2D eigenvalue weighted by atomic mass is 19.1. The average molecular weight is 318 g/mol. The third-order valence-corrected chi connectivity index (χ3v) is 3.98. The third kappa shape index (κ3) is 3.99. The van der Waals surface area contributed by atoms with Gasteiger partial charge in [-0.3, -0.25) is 4.79 Å². The van der Waals surface area contributed by atoms with Crippen molar-refractivity contribution in [3.63, 3.8) is 0 Å². The first-order valence-corrected chi connectivity index (χ1v) is 7.78. The molecule has 124 valence electrons. The number of benzene rings is 1. The van der Waals surface area contributed by atoms with Gasteiger partial charge in [0.1, 0.15) is 5.82 Å². The van der Waals surface area contributed by atoms with Crippen LogP contribution in [0.25, 0.3) is 5.69 Å². The van der Waals surface area contributed by atoms with Gasteiger partial charge in [0.05, 0.1) is 5.56 Å². The number of rotatable bonds is 6. The summed E-state index contributed by atoms with van der Waals surface area (Å²) in [6, 6.07) is 8.12. The minimum Gasteiger partial charge on any atom is -0.396 e. The van der Waals surface area contributed by atoms with Crippen LogP contribution >= 0.6 is 0 Å². The van der Waals surface area contributed by atoms with Gasteiger partial charge in [-0.2, -0.15) is 0 Å². The molecule has 4 nitrogen and oxygen atoms in total. The van der Waals surface area contributed by atoms with Crippen molar-refractivity contribution in [1.82, 2.24) is 9.88 Å². The summed E-state index contributed by atoms with van der Waals surface area (Å²) in [7, 11) is 0. The quantitative estimate of drug-likeness (QED) is 0.860.